The van der Waals surface area contributed by atoms with Crippen LogP contribution in [-0.2, 0) is 20.4 Å². The van der Waals surface area contributed by atoms with Gasteiger partial charge < -0.3 is 9.57 Å². The first-order valence-electron chi connectivity index (χ1n) is 6.87. The van der Waals surface area contributed by atoms with Gasteiger partial charge in [0.15, 0.2) is 14.9 Å². The normalized spacial score (nSPS) is 16.9. The van der Waals surface area contributed by atoms with Gasteiger partial charge in [-0.15, -0.1) is 0 Å². The summed E-state index contributed by atoms with van der Waals surface area (Å²) in [4.78, 5) is 5.06. The van der Waals surface area contributed by atoms with Crippen LogP contribution in [0.25, 0.3) is 0 Å². The summed E-state index contributed by atoms with van der Waals surface area (Å²) >= 11 is 11.9. The minimum atomic E-state index is -3.87. The molecule has 1 aliphatic rings. The van der Waals surface area contributed by atoms with Crippen molar-refractivity contribution in [3.05, 3.63) is 27.7 Å². The predicted molar refractivity (Wildman–Crippen MR) is 87.8 cm³/mol. The van der Waals surface area contributed by atoms with E-state index in [1.165, 1.54) is 12.1 Å². The van der Waals surface area contributed by atoms with Crippen LogP contribution < -0.4 is 4.74 Å². The minimum absolute atomic E-state index is 0.0113. The topological polar surface area (TPSA) is 65.0 Å². The van der Waals surface area contributed by atoms with Gasteiger partial charge in [0.1, 0.15) is 18.0 Å². The third kappa shape index (κ3) is 4.49. The van der Waals surface area contributed by atoms with Crippen LogP contribution in [-0.4, -0.2) is 32.1 Å². The Labute approximate surface area is 148 Å². The van der Waals surface area contributed by atoms with E-state index in [1.807, 2.05) is 0 Å². The first kappa shape index (κ1) is 19.2. The lowest BCUT2D eigenvalue weighted by atomic mass is 10.1. The fraction of sp³-hybridized carbons (Fsp3) is 0.500. The molecule has 0 aromatic heterocycles. The highest BCUT2D eigenvalue weighted by molar-refractivity contribution is 8.05. The first-order valence-corrected chi connectivity index (χ1v) is 9.28. The van der Waals surface area contributed by atoms with Crippen molar-refractivity contribution in [1.82, 2.24) is 0 Å². The van der Waals surface area contributed by atoms with E-state index in [0.717, 1.165) is 0 Å². The molecule has 0 unspecified atom stereocenters. The summed E-state index contributed by atoms with van der Waals surface area (Å²) in [6, 6.07) is 2.65. The number of benzene rings is 1. The molecule has 10 heteroatoms. The van der Waals surface area contributed by atoms with E-state index in [9.17, 15) is 17.2 Å². The van der Waals surface area contributed by atoms with E-state index in [-0.39, 0.29) is 32.8 Å². The Morgan fingerprint density at radius 2 is 2.04 bits per heavy atom. The molecule has 0 radical (unpaired) electrons. The first-order chi connectivity index (χ1) is 11.0. The van der Waals surface area contributed by atoms with Crippen molar-refractivity contribution in [3.63, 3.8) is 0 Å². The molecule has 1 aromatic rings. The summed E-state index contributed by atoms with van der Waals surface area (Å²) in [5, 5.41) is 3.50. The van der Waals surface area contributed by atoms with Crippen molar-refractivity contribution in [1.29, 1.82) is 0 Å². The summed E-state index contributed by atoms with van der Waals surface area (Å²) < 4.78 is 54.7. The highest BCUT2D eigenvalue weighted by Crippen LogP contribution is 2.36. The van der Waals surface area contributed by atoms with Gasteiger partial charge in [-0.3, -0.25) is 0 Å². The number of oxime groups is 1. The van der Waals surface area contributed by atoms with E-state index < -0.39 is 34.2 Å². The van der Waals surface area contributed by atoms with Gasteiger partial charge in [-0.05, 0) is 26.0 Å². The maximum atomic E-state index is 12.5. The average molecular weight is 402 g/mol. The van der Waals surface area contributed by atoms with E-state index in [4.69, 9.17) is 32.8 Å². The lowest BCUT2D eigenvalue weighted by Gasteiger charge is -2.15. The third-order valence-electron chi connectivity index (χ3n) is 3.18. The smallest absolute Gasteiger partial charge is 0.272 e. The zero-order valence-electron chi connectivity index (χ0n) is 12.9. The quantitative estimate of drug-likeness (QED) is 0.745. The Kier molecular flexibility index (Phi) is 5.61. The average Bonchev–Trinajstić information content (AvgIpc) is 2.84. The van der Waals surface area contributed by atoms with Crippen LogP contribution in [0.5, 0.6) is 5.75 Å². The summed E-state index contributed by atoms with van der Waals surface area (Å²) in [5.41, 5.74) is -0.715. The number of halogens is 4. The minimum Gasteiger partial charge on any atom is -0.487 e. The van der Waals surface area contributed by atoms with Crippen LogP contribution in [0.2, 0.25) is 10.0 Å². The molecule has 1 aliphatic heterocycles. The van der Waals surface area contributed by atoms with Gasteiger partial charge in [0.2, 0.25) is 0 Å². The summed E-state index contributed by atoms with van der Waals surface area (Å²) in [6.07, 6.45) is -2.61. The molecule has 0 amide bonds. The Morgan fingerprint density at radius 3 is 2.58 bits per heavy atom. The van der Waals surface area contributed by atoms with E-state index in [2.05, 4.69) is 5.16 Å². The maximum absolute atomic E-state index is 12.5. The molecule has 134 valence electrons. The standard InChI is InChI=1S/C14H15Cl2F2NO4S/c1-14(2)5-12(19-23-14)24(20,21)7-8-10(22-6-11(17)18)4-3-9(15)13(8)16/h3-4,11H,5-7H2,1-2H3. The number of sulfone groups is 1. The second-order valence-corrected chi connectivity index (χ2v) is 8.59. The molecule has 0 saturated heterocycles. The van der Waals surface area contributed by atoms with Crippen molar-refractivity contribution >= 4 is 38.1 Å². The molecule has 0 fully saturated rings. The highest BCUT2D eigenvalue weighted by Gasteiger charge is 2.36. The molecule has 0 N–H and O–H groups in total. The number of nitrogens with zero attached hydrogens (tertiary/aromatic N) is 1. The summed E-state index contributed by atoms with van der Waals surface area (Å²) in [6.45, 7) is 2.51. The van der Waals surface area contributed by atoms with Crippen LogP contribution in [0.4, 0.5) is 8.78 Å². The second-order valence-electron chi connectivity index (χ2n) is 5.81. The van der Waals surface area contributed by atoms with Crippen molar-refractivity contribution in [2.75, 3.05) is 6.61 Å². The Morgan fingerprint density at radius 1 is 1.38 bits per heavy atom. The summed E-state index contributed by atoms with van der Waals surface area (Å²) in [5.74, 6) is -0.643. The van der Waals surface area contributed by atoms with Crippen molar-refractivity contribution in [2.24, 2.45) is 5.16 Å². The van der Waals surface area contributed by atoms with E-state index in [0.29, 0.717) is 0 Å². The van der Waals surface area contributed by atoms with Gasteiger partial charge in [-0.2, -0.15) is 0 Å². The van der Waals surface area contributed by atoms with E-state index >= 15 is 0 Å². The van der Waals surface area contributed by atoms with Gasteiger partial charge in [0.25, 0.3) is 6.43 Å². The zero-order valence-corrected chi connectivity index (χ0v) is 15.2. The maximum Gasteiger partial charge on any atom is 0.272 e. The van der Waals surface area contributed by atoms with Gasteiger partial charge in [0.05, 0.1) is 15.8 Å². The molecule has 1 aromatic carbocycles. The number of alkyl halides is 2. The van der Waals surface area contributed by atoms with Crippen molar-refractivity contribution in [3.8, 4) is 5.75 Å². The van der Waals surface area contributed by atoms with Gasteiger partial charge in [0, 0.05) is 12.0 Å². The predicted octanol–water partition coefficient (Wildman–Crippen LogP) is 4.06. The molecule has 0 bridgehead atoms. The number of rotatable bonds is 5. The molecule has 5 nitrogen and oxygen atoms in total. The molecule has 0 atom stereocenters. The van der Waals surface area contributed by atoms with Crippen molar-refractivity contribution < 1.29 is 26.8 Å². The van der Waals surface area contributed by atoms with Gasteiger partial charge >= 0.3 is 0 Å². The molecule has 0 saturated carbocycles. The van der Waals surface area contributed by atoms with Crippen LogP contribution in [0.15, 0.2) is 17.3 Å². The summed E-state index contributed by atoms with van der Waals surface area (Å²) in [7, 11) is -3.87. The number of ether oxygens (including phenoxy) is 1. The largest absolute Gasteiger partial charge is 0.487 e. The molecule has 1 heterocycles. The second kappa shape index (κ2) is 7.01. The fourth-order valence-electron chi connectivity index (χ4n) is 2.04. The molecule has 24 heavy (non-hydrogen) atoms. The van der Waals surface area contributed by atoms with Gasteiger partial charge in [-0.1, -0.05) is 28.4 Å². The highest BCUT2D eigenvalue weighted by atomic mass is 35.5. The number of hydrogen-bond acceptors (Lipinski definition) is 5. The van der Waals surface area contributed by atoms with Crippen molar-refractivity contribution in [2.45, 2.75) is 38.0 Å². The molecule has 2 rings (SSSR count). The Hall–Kier alpha value is -1.12. The Balaban J connectivity index is 2.32. The zero-order chi connectivity index (χ0) is 18.1. The lowest BCUT2D eigenvalue weighted by molar-refractivity contribution is 0.0123. The monoisotopic (exact) mass is 401 g/mol. The van der Waals surface area contributed by atoms with Crippen LogP contribution in [0.1, 0.15) is 25.8 Å². The molecule has 0 spiro atoms. The number of hydrogen-bond donors (Lipinski definition) is 0. The van der Waals surface area contributed by atoms with Crippen LogP contribution in [0, 0.1) is 0 Å². The van der Waals surface area contributed by atoms with Crippen LogP contribution >= 0.6 is 23.2 Å². The third-order valence-corrected chi connectivity index (χ3v) is 5.63. The SMILES string of the molecule is CC1(C)CC(S(=O)(=O)Cc2c(OCC(F)F)ccc(Cl)c2Cl)=NO1. The lowest BCUT2D eigenvalue weighted by Crippen LogP contribution is -2.23. The molecular formula is C14H15Cl2F2NO4S. The molecule has 0 aliphatic carbocycles. The fourth-order valence-corrected chi connectivity index (χ4v) is 4.07. The van der Waals surface area contributed by atoms with Gasteiger partial charge in [-0.25, -0.2) is 17.2 Å². The Bertz CT molecular complexity index is 766. The molecular weight excluding hydrogens is 387 g/mol. The van der Waals surface area contributed by atoms with Crippen LogP contribution in [0.3, 0.4) is 0 Å². The van der Waals surface area contributed by atoms with E-state index in [1.54, 1.807) is 13.8 Å².